The predicted molar refractivity (Wildman–Crippen MR) is 147 cm³/mol. The molecule has 0 bridgehead atoms. The maximum Gasteiger partial charge on any atom is 0.355 e. The third-order valence-corrected chi connectivity index (χ3v) is 12.3. The average molecular weight is 526 g/mol. The Kier molecular flexibility index (Phi) is 12.9. The number of hydrogen-bond donors (Lipinski definition) is 1. The highest BCUT2D eigenvalue weighted by Crippen LogP contribution is 2.54. The molecule has 8 heteroatoms. The fourth-order valence-corrected chi connectivity index (χ4v) is 10.7. The molecule has 206 valence electrons. The molecule has 2 rings (SSSR count). The number of hydrogen-bond acceptors (Lipinski definition) is 6. The zero-order valence-electron chi connectivity index (χ0n) is 22.9. The van der Waals surface area contributed by atoms with E-state index in [1.54, 1.807) is 11.8 Å². The standard InChI is InChI=1S/C28H48NO6P/c1-6-10-17-36(18-11-7-2,19-12-8-3)27(28(33)35-15-9-4)29-22(25(21(5)30)26(29)32)20-23(31)24-14-13-16-34-24/h9,21-22,24-25,30H,4,6-8,10-20H2,1-3,5H3/t21-,22-,24-,25-/m1/s1. The molecule has 0 spiro atoms. The van der Waals surface area contributed by atoms with Gasteiger partial charge in [0, 0.05) is 13.0 Å². The van der Waals surface area contributed by atoms with Gasteiger partial charge in [-0.3, -0.25) is 9.59 Å². The Morgan fingerprint density at radius 3 is 2.19 bits per heavy atom. The van der Waals surface area contributed by atoms with E-state index < -0.39 is 37.0 Å². The first kappa shape index (κ1) is 30.8. The van der Waals surface area contributed by atoms with Crippen molar-refractivity contribution in [3.63, 3.8) is 0 Å². The molecule has 0 saturated carbocycles. The number of ketones is 1. The Hall–Kier alpha value is -1.43. The van der Waals surface area contributed by atoms with Crippen molar-refractivity contribution in [1.82, 2.24) is 4.90 Å². The van der Waals surface area contributed by atoms with Crippen molar-refractivity contribution >= 4 is 30.0 Å². The number of carbonyl (C=O) groups excluding carboxylic acids is 3. The highest BCUT2D eigenvalue weighted by atomic mass is 31.2. The number of esters is 1. The normalized spacial score (nSPS) is 22.8. The van der Waals surface area contributed by atoms with Gasteiger partial charge in [0.05, 0.1) is 18.1 Å². The van der Waals surface area contributed by atoms with E-state index >= 15 is 0 Å². The molecular weight excluding hydrogens is 477 g/mol. The van der Waals surface area contributed by atoms with Crippen LogP contribution in [0, 0.1) is 5.92 Å². The van der Waals surface area contributed by atoms with Gasteiger partial charge in [0.25, 0.3) is 0 Å². The maximum atomic E-state index is 13.7. The lowest BCUT2D eigenvalue weighted by Crippen LogP contribution is -2.68. The minimum absolute atomic E-state index is 0.0564. The van der Waals surface area contributed by atoms with Crippen LogP contribution in [-0.2, 0) is 23.9 Å². The van der Waals surface area contributed by atoms with Gasteiger partial charge in [-0.1, -0.05) is 59.6 Å². The van der Waals surface area contributed by atoms with Gasteiger partial charge >= 0.3 is 5.97 Å². The molecule has 7 nitrogen and oxygen atoms in total. The van der Waals surface area contributed by atoms with E-state index in [0.29, 0.717) is 18.4 Å². The summed E-state index contributed by atoms with van der Waals surface area (Å²) in [6.07, 6.45) is 10.3. The van der Waals surface area contributed by atoms with E-state index in [2.05, 4.69) is 27.4 Å². The van der Waals surface area contributed by atoms with E-state index in [4.69, 9.17) is 9.47 Å². The van der Waals surface area contributed by atoms with Crippen LogP contribution in [0.4, 0.5) is 0 Å². The molecule has 2 aliphatic heterocycles. The molecule has 0 unspecified atom stereocenters. The number of aliphatic hydroxyl groups excluding tert-OH is 1. The molecule has 0 aliphatic carbocycles. The van der Waals surface area contributed by atoms with Crippen LogP contribution in [-0.4, -0.2) is 83.0 Å². The maximum absolute atomic E-state index is 13.7. The van der Waals surface area contributed by atoms with E-state index in [9.17, 15) is 19.5 Å². The van der Waals surface area contributed by atoms with Gasteiger partial charge in [0.1, 0.15) is 18.1 Å². The van der Waals surface area contributed by atoms with Gasteiger partial charge in [-0.15, -0.1) is 0 Å². The van der Waals surface area contributed by atoms with Gasteiger partial charge in [-0.25, -0.2) is 4.79 Å². The topological polar surface area (TPSA) is 93.1 Å². The van der Waals surface area contributed by atoms with E-state index in [0.717, 1.165) is 63.4 Å². The smallest absolute Gasteiger partial charge is 0.355 e. The van der Waals surface area contributed by atoms with Crippen molar-refractivity contribution in [2.24, 2.45) is 5.92 Å². The second-order valence-corrected chi connectivity index (χ2v) is 14.4. The molecule has 2 saturated heterocycles. The number of amides is 1. The fourth-order valence-electron chi connectivity index (χ4n) is 5.50. The summed E-state index contributed by atoms with van der Waals surface area (Å²) in [6.45, 7) is 10.3. The largest absolute Gasteiger partial charge is 0.457 e. The van der Waals surface area contributed by atoms with Crippen LogP contribution in [0.5, 0.6) is 0 Å². The Bertz CT molecular complexity index is 788. The van der Waals surface area contributed by atoms with Crippen molar-refractivity contribution < 1.29 is 29.0 Å². The van der Waals surface area contributed by atoms with Gasteiger partial charge in [-0.05, 0) is 57.5 Å². The van der Waals surface area contributed by atoms with Crippen molar-refractivity contribution in [2.45, 2.75) is 104 Å². The molecule has 0 aromatic heterocycles. The molecule has 0 aromatic carbocycles. The van der Waals surface area contributed by atoms with Gasteiger partial charge in [0.15, 0.2) is 5.78 Å². The molecule has 2 heterocycles. The van der Waals surface area contributed by atoms with Gasteiger partial charge in [0.2, 0.25) is 5.91 Å². The van der Waals surface area contributed by atoms with Crippen molar-refractivity contribution in [3.05, 3.63) is 12.7 Å². The monoisotopic (exact) mass is 525 g/mol. The second-order valence-electron chi connectivity index (χ2n) is 10.3. The SMILES string of the molecule is C=CCOC(=O)C(N1C(=O)[C@H]([C@@H](C)O)[C@H]1CC(=O)[C@H]1CCCO1)=P(CCCC)(CCCC)CCCC. The number of Topliss-reactive ketones (excluding diaryl/α,β-unsaturated/α-hetero) is 1. The lowest BCUT2D eigenvalue weighted by Gasteiger charge is -2.51. The van der Waals surface area contributed by atoms with E-state index in [1.807, 2.05) is 0 Å². The van der Waals surface area contributed by atoms with Crippen molar-refractivity contribution in [3.8, 4) is 0 Å². The highest BCUT2D eigenvalue weighted by Gasteiger charge is 2.55. The third kappa shape index (κ3) is 7.33. The highest BCUT2D eigenvalue weighted by molar-refractivity contribution is 7.77. The van der Waals surface area contributed by atoms with E-state index in [-0.39, 0.29) is 24.7 Å². The van der Waals surface area contributed by atoms with Crippen LogP contribution in [0.25, 0.3) is 0 Å². The number of aliphatic hydroxyl groups is 1. The number of nitrogens with zero attached hydrogens (tertiary/aromatic N) is 1. The number of rotatable bonds is 17. The number of carbonyl (C=O) groups is 3. The summed E-state index contributed by atoms with van der Waals surface area (Å²) in [7, 11) is 0. The molecule has 1 N–H and O–H groups in total. The molecule has 0 aromatic rings. The third-order valence-electron chi connectivity index (χ3n) is 7.50. The Labute approximate surface area is 217 Å². The summed E-state index contributed by atoms with van der Waals surface area (Å²) < 4.78 is 11.2. The predicted octanol–water partition coefficient (Wildman–Crippen LogP) is 4.61. The number of β-lactam (4-membered cyclic amide) rings is 1. The summed E-state index contributed by atoms with van der Waals surface area (Å²) in [5.41, 5.74) is 0.492. The Balaban J connectivity index is 2.65. The van der Waals surface area contributed by atoms with Crippen LogP contribution in [0.2, 0.25) is 0 Å². The molecule has 4 atom stereocenters. The lowest BCUT2D eigenvalue weighted by molar-refractivity contribution is -0.159. The quantitative estimate of drug-likeness (QED) is 0.129. The average Bonchev–Trinajstić information content (AvgIpc) is 3.40. The summed E-state index contributed by atoms with van der Waals surface area (Å²) in [6, 6.07) is -0.551. The Morgan fingerprint density at radius 2 is 1.75 bits per heavy atom. The summed E-state index contributed by atoms with van der Waals surface area (Å²) in [5.74, 6) is -1.49. The minimum atomic E-state index is -2.08. The molecular formula is C28H48NO6P. The molecule has 2 fully saturated rings. The first-order valence-electron chi connectivity index (χ1n) is 13.9. The summed E-state index contributed by atoms with van der Waals surface area (Å²) in [5, 5.41) is 10.5. The van der Waals surface area contributed by atoms with Crippen LogP contribution >= 0.6 is 6.89 Å². The fraction of sp³-hybridized carbons (Fsp3) is 0.786. The number of ether oxygens (including phenoxy) is 2. The van der Waals surface area contributed by atoms with Crippen LogP contribution in [0.3, 0.4) is 0 Å². The first-order chi connectivity index (χ1) is 17.3. The molecule has 1 amide bonds. The second kappa shape index (κ2) is 15.1. The molecule has 0 radical (unpaired) electrons. The number of unbranched alkanes of at least 4 members (excludes halogenated alkanes) is 3. The summed E-state index contributed by atoms with van der Waals surface area (Å²) in [4.78, 5) is 42.0. The van der Waals surface area contributed by atoms with Gasteiger partial charge < -0.3 is 19.5 Å². The number of likely N-dealkylation sites (tertiary alicyclic amines) is 1. The molecule has 2 aliphatic rings. The van der Waals surface area contributed by atoms with E-state index in [1.165, 1.54) is 6.08 Å². The zero-order chi connectivity index (χ0) is 26.7. The van der Waals surface area contributed by atoms with Crippen LogP contribution < -0.4 is 0 Å². The minimum Gasteiger partial charge on any atom is -0.457 e. The van der Waals surface area contributed by atoms with Crippen LogP contribution in [0.1, 0.15) is 85.5 Å². The van der Waals surface area contributed by atoms with Crippen molar-refractivity contribution in [2.75, 3.05) is 31.7 Å². The Morgan fingerprint density at radius 1 is 1.17 bits per heavy atom. The zero-order valence-corrected chi connectivity index (χ0v) is 23.8. The van der Waals surface area contributed by atoms with Crippen LogP contribution in [0.15, 0.2) is 12.7 Å². The van der Waals surface area contributed by atoms with Crippen molar-refractivity contribution in [1.29, 1.82) is 0 Å². The lowest BCUT2D eigenvalue weighted by atomic mass is 9.79. The summed E-state index contributed by atoms with van der Waals surface area (Å²) >= 11 is 0. The first-order valence-corrected chi connectivity index (χ1v) is 16.3. The molecule has 36 heavy (non-hydrogen) atoms. The van der Waals surface area contributed by atoms with Gasteiger partial charge in [-0.2, -0.15) is 0 Å².